The van der Waals surface area contributed by atoms with Crippen LogP contribution in [0.1, 0.15) is 24.8 Å². The predicted octanol–water partition coefficient (Wildman–Crippen LogP) is 2.17. The van der Waals surface area contributed by atoms with Gasteiger partial charge in [0.15, 0.2) is 11.5 Å². The van der Waals surface area contributed by atoms with Crippen LogP contribution in [0.25, 0.3) is 0 Å². The van der Waals surface area contributed by atoms with Crippen molar-refractivity contribution < 1.29 is 14.3 Å². The van der Waals surface area contributed by atoms with Gasteiger partial charge in [-0.3, -0.25) is 4.79 Å². The molecule has 2 N–H and O–H groups in total. The van der Waals surface area contributed by atoms with Crippen LogP contribution < -0.4 is 20.1 Å². The molecule has 0 aliphatic carbocycles. The van der Waals surface area contributed by atoms with Crippen molar-refractivity contribution in [3.05, 3.63) is 23.8 Å². The van der Waals surface area contributed by atoms with Gasteiger partial charge in [-0.25, -0.2) is 0 Å². The average molecular weight is 343 g/mol. The minimum Gasteiger partial charge on any atom is -0.493 e. The number of piperidine rings is 1. The van der Waals surface area contributed by atoms with E-state index in [1.807, 2.05) is 18.2 Å². The lowest BCUT2D eigenvalue weighted by Crippen LogP contribution is -2.33. The van der Waals surface area contributed by atoms with Crippen molar-refractivity contribution in [3.8, 4) is 11.5 Å². The Morgan fingerprint density at radius 3 is 2.57 bits per heavy atom. The van der Waals surface area contributed by atoms with Crippen LogP contribution in [0.2, 0.25) is 0 Å². The highest BCUT2D eigenvalue weighted by atomic mass is 35.5. The second kappa shape index (κ2) is 10.3. The third-order valence-electron chi connectivity index (χ3n) is 4.12. The number of hydrogen-bond donors (Lipinski definition) is 2. The Morgan fingerprint density at radius 2 is 1.91 bits per heavy atom. The Labute approximate surface area is 144 Å². The van der Waals surface area contributed by atoms with Crippen LogP contribution in [0.3, 0.4) is 0 Å². The molecule has 1 aromatic rings. The molecular formula is C17H27ClN2O3. The van der Waals surface area contributed by atoms with Crippen molar-refractivity contribution in [1.82, 2.24) is 10.6 Å². The van der Waals surface area contributed by atoms with Gasteiger partial charge in [0, 0.05) is 13.0 Å². The molecule has 5 nitrogen and oxygen atoms in total. The third kappa shape index (κ3) is 6.28. The average Bonchev–Trinajstić information content (AvgIpc) is 2.55. The number of methoxy groups -OCH3 is 2. The van der Waals surface area contributed by atoms with Crippen molar-refractivity contribution >= 4 is 18.3 Å². The van der Waals surface area contributed by atoms with Gasteiger partial charge in [-0.15, -0.1) is 12.4 Å². The first-order valence-electron chi connectivity index (χ1n) is 7.91. The number of ether oxygens (including phenoxy) is 2. The standard InChI is InChI=1S/C17H26N2O3.ClH/c1-21-15-4-3-13(11-16(15)22-2)7-10-19-17(20)12-14-5-8-18-9-6-14;/h3-4,11,14,18H,5-10,12H2,1-2H3,(H,19,20);1H. The SMILES string of the molecule is COc1ccc(CCNC(=O)CC2CCNCC2)cc1OC.Cl. The molecule has 0 aromatic heterocycles. The maximum absolute atomic E-state index is 11.9. The Kier molecular flexibility index (Phi) is 8.81. The van der Waals surface area contributed by atoms with E-state index in [1.54, 1.807) is 14.2 Å². The largest absolute Gasteiger partial charge is 0.493 e. The second-order valence-electron chi connectivity index (χ2n) is 5.69. The molecule has 1 fully saturated rings. The van der Waals surface area contributed by atoms with E-state index in [-0.39, 0.29) is 18.3 Å². The number of halogens is 1. The Morgan fingerprint density at radius 1 is 1.22 bits per heavy atom. The van der Waals surface area contributed by atoms with Gasteiger partial charge < -0.3 is 20.1 Å². The fourth-order valence-electron chi connectivity index (χ4n) is 2.80. The van der Waals surface area contributed by atoms with E-state index < -0.39 is 0 Å². The maximum atomic E-state index is 11.9. The number of rotatable bonds is 7. The van der Waals surface area contributed by atoms with Gasteiger partial charge in [0.2, 0.25) is 5.91 Å². The van der Waals surface area contributed by atoms with Crippen molar-refractivity contribution in [2.45, 2.75) is 25.7 Å². The van der Waals surface area contributed by atoms with Gasteiger partial charge in [-0.05, 0) is 56.0 Å². The van der Waals surface area contributed by atoms with Crippen molar-refractivity contribution in [2.75, 3.05) is 33.9 Å². The van der Waals surface area contributed by atoms with Gasteiger partial charge >= 0.3 is 0 Å². The quantitative estimate of drug-likeness (QED) is 0.797. The molecule has 23 heavy (non-hydrogen) atoms. The number of hydrogen-bond acceptors (Lipinski definition) is 4. The highest BCUT2D eigenvalue weighted by Crippen LogP contribution is 2.27. The molecule has 0 unspecified atom stereocenters. The number of carbonyl (C=O) groups excluding carboxylic acids is 1. The lowest BCUT2D eigenvalue weighted by molar-refractivity contribution is -0.122. The molecule has 0 bridgehead atoms. The molecule has 6 heteroatoms. The summed E-state index contributed by atoms with van der Waals surface area (Å²) in [4.78, 5) is 11.9. The molecule has 2 rings (SSSR count). The fraction of sp³-hybridized carbons (Fsp3) is 0.588. The van der Waals surface area contributed by atoms with E-state index in [2.05, 4.69) is 10.6 Å². The van der Waals surface area contributed by atoms with Crippen LogP contribution in [-0.4, -0.2) is 39.8 Å². The number of carbonyl (C=O) groups is 1. The monoisotopic (exact) mass is 342 g/mol. The molecule has 1 amide bonds. The van der Waals surface area contributed by atoms with E-state index in [0.717, 1.165) is 49.4 Å². The van der Waals surface area contributed by atoms with Gasteiger partial charge in [0.1, 0.15) is 0 Å². The summed E-state index contributed by atoms with van der Waals surface area (Å²) in [5.74, 6) is 2.14. The summed E-state index contributed by atoms with van der Waals surface area (Å²) < 4.78 is 10.5. The van der Waals surface area contributed by atoms with Crippen molar-refractivity contribution in [3.63, 3.8) is 0 Å². The topological polar surface area (TPSA) is 59.6 Å². The summed E-state index contributed by atoms with van der Waals surface area (Å²) in [5, 5.41) is 6.33. The van der Waals surface area contributed by atoms with Crippen molar-refractivity contribution in [1.29, 1.82) is 0 Å². The predicted molar refractivity (Wildman–Crippen MR) is 93.7 cm³/mol. The number of benzene rings is 1. The van der Waals surface area contributed by atoms with Gasteiger partial charge in [-0.2, -0.15) is 0 Å². The fourth-order valence-corrected chi connectivity index (χ4v) is 2.80. The van der Waals surface area contributed by atoms with Gasteiger partial charge in [-0.1, -0.05) is 6.07 Å². The maximum Gasteiger partial charge on any atom is 0.220 e. The lowest BCUT2D eigenvalue weighted by Gasteiger charge is -2.21. The smallest absolute Gasteiger partial charge is 0.220 e. The summed E-state index contributed by atoms with van der Waals surface area (Å²) in [5.41, 5.74) is 1.12. The first-order chi connectivity index (χ1) is 10.7. The first kappa shape index (κ1) is 19.6. The summed E-state index contributed by atoms with van der Waals surface area (Å²) in [6.07, 6.45) is 3.64. The molecule has 1 saturated heterocycles. The minimum absolute atomic E-state index is 0. The molecule has 0 spiro atoms. The van der Waals surface area contributed by atoms with E-state index in [1.165, 1.54) is 0 Å². The van der Waals surface area contributed by atoms with Crippen molar-refractivity contribution in [2.24, 2.45) is 5.92 Å². The summed E-state index contributed by atoms with van der Waals surface area (Å²) in [7, 11) is 3.25. The zero-order chi connectivity index (χ0) is 15.8. The van der Waals surface area contributed by atoms with Gasteiger partial charge in [0.05, 0.1) is 14.2 Å². The molecule has 0 radical (unpaired) electrons. The number of nitrogens with one attached hydrogen (secondary N) is 2. The van der Waals surface area contributed by atoms with E-state index in [4.69, 9.17) is 9.47 Å². The van der Waals surface area contributed by atoms with E-state index in [9.17, 15) is 4.79 Å². The highest BCUT2D eigenvalue weighted by Gasteiger charge is 2.16. The van der Waals surface area contributed by atoms with Crippen LogP contribution in [0, 0.1) is 5.92 Å². The zero-order valence-corrected chi connectivity index (χ0v) is 14.7. The molecule has 1 aliphatic rings. The van der Waals surface area contributed by atoms with Crippen LogP contribution in [0.5, 0.6) is 11.5 Å². The Hall–Kier alpha value is -1.46. The van der Waals surface area contributed by atoms with Crippen LogP contribution in [0.4, 0.5) is 0 Å². The molecule has 1 aromatic carbocycles. The lowest BCUT2D eigenvalue weighted by atomic mass is 9.94. The van der Waals surface area contributed by atoms with Crippen LogP contribution >= 0.6 is 12.4 Å². The summed E-state index contributed by atoms with van der Waals surface area (Å²) in [6.45, 7) is 2.71. The molecule has 1 aliphatic heterocycles. The van der Waals surface area contributed by atoms with Gasteiger partial charge in [0.25, 0.3) is 0 Å². The Bertz CT molecular complexity index is 491. The summed E-state index contributed by atoms with van der Waals surface area (Å²) in [6, 6.07) is 5.85. The van der Waals surface area contributed by atoms with Crippen LogP contribution in [0.15, 0.2) is 18.2 Å². The second-order valence-corrected chi connectivity index (χ2v) is 5.69. The first-order valence-corrected chi connectivity index (χ1v) is 7.91. The van der Waals surface area contributed by atoms with Crippen LogP contribution in [-0.2, 0) is 11.2 Å². The Balaban J connectivity index is 0.00000264. The third-order valence-corrected chi connectivity index (χ3v) is 4.12. The highest BCUT2D eigenvalue weighted by molar-refractivity contribution is 5.85. The van der Waals surface area contributed by atoms with E-state index >= 15 is 0 Å². The van der Waals surface area contributed by atoms with E-state index in [0.29, 0.717) is 18.9 Å². The molecule has 0 atom stereocenters. The molecule has 0 saturated carbocycles. The normalized spacial score (nSPS) is 14.7. The number of amides is 1. The zero-order valence-electron chi connectivity index (χ0n) is 13.9. The minimum atomic E-state index is 0. The molecule has 130 valence electrons. The molecule has 1 heterocycles. The summed E-state index contributed by atoms with van der Waals surface area (Å²) >= 11 is 0. The molecular weight excluding hydrogens is 316 g/mol.